The number of thiazole rings is 2. The number of hydrogen-bond donors (Lipinski definition) is 3. The molecule has 212 valence electrons. The first-order chi connectivity index (χ1) is 18.0. The molecule has 0 aliphatic rings. The molecule has 2 aromatic rings. The molecule has 0 bridgehead atoms. The number of urea groups is 1. The normalized spacial score (nSPS) is 13.6. The van der Waals surface area contributed by atoms with E-state index in [2.05, 4.69) is 39.8 Å². The Hall–Kier alpha value is -2.73. The van der Waals surface area contributed by atoms with Crippen LogP contribution in [-0.4, -0.2) is 58.1 Å². The summed E-state index contributed by atoms with van der Waals surface area (Å²) in [4.78, 5) is 49.0. The van der Waals surface area contributed by atoms with E-state index in [9.17, 15) is 14.4 Å². The molecular weight excluding hydrogens is 524 g/mol. The number of nitrogens with zero attached hydrogens (tertiary/aromatic N) is 3. The number of amides is 4. The summed E-state index contributed by atoms with van der Waals surface area (Å²) in [6, 6.07) is -1.19. The van der Waals surface area contributed by atoms with Gasteiger partial charge in [0.15, 0.2) is 0 Å². The van der Waals surface area contributed by atoms with Gasteiger partial charge in [0, 0.05) is 36.6 Å². The predicted octanol–water partition coefficient (Wildman–Crippen LogP) is 4.88. The summed E-state index contributed by atoms with van der Waals surface area (Å²) in [6.45, 7) is 12.5. The maximum absolute atomic E-state index is 13.1. The molecule has 0 radical (unpaired) electrons. The zero-order chi connectivity index (χ0) is 28.2. The van der Waals surface area contributed by atoms with Crippen molar-refractivity contribution in [3.63, 3.8) is 0 Å². The molecule has 12 heteroatoms. The van der Waals surface area contributed by atoms with Crippen molar-refractivity contribution in [2.45, 2.75) is 98.0 Å². The summed E-state index contributed by atoms with van der Waals surface area (Å²) < 4.78 is 5.22. The Morgan fingerprint density at radius 3 is 2.37 bits per heavy atom. The Kier molecular flexibility index (Phi) is 12.9. The monoisotopic (exact) mass is 566 g/mol. The van der Waals surface area contributed by atoms with Crippen LogP contribution in [0.15, 0.2) is 17.1 Å². The first kappa shape index (κ1) is 31.5. The van der Waals surface area contributed by atoms with Gasteiger partial charge in [-0.3, -0.25) is 9.78 Å². The lowest BCUT2D eigenvalue weighted by atomic mass is 10.0. The molecule has 10 nitrogen and oxygen atoms in total. The van der Waals surface area contributed by atoms with Gasteiger partial charge in [0.25, 0.3) is 0 Å². The maximum Gasteiger partial charge on any atom is 0.407 e. The molecule has 2 rings (SSSR count). The van der Waals surface area contributed by atoms with Crippen molar-refractivity contribution in [1.29, 1.82) is 0 Å². The number of nitrogens with one attached hydrogen (secondary N) is 3. The van der Waals surface area contributed by atoms with Crippen LogP contribution < -0.4 is 16.0 Å². The summed E-state index contributed by atoms with van der Waals surface area (Å²) >= 11 is 3.02. The van der Waals surface area contributed by atoms with Crippen LogP contribution in [0.3, 0.4) is 0 Å². The fraction of sp³-hybridized carbons (Fsp3) is 0.654. The van der Waals surface area contributed by atoms with E-state index in [1.54, 1.807) is 35.0 Å². The van der Waals surface area contributed by atoms with Gasteiger partial charge in [0.05, 0.1) is 27.6 Å². The number of alkyl carbamates (subject to hydrolysis) is 1. The second kappa shape index (κ2) is 15.6. The van der Waals surface area contributed by atoms with Crippen molar-refractivity contribution < 1.29 is 19.1 Å². The number of carbonyl (C=O) groups is 3. The fourth-order valence-corrected chi connectivity index (χ4v) is 4.97. The Balaban J connectivity index is 1.81. The highest BCUT2D eigenvalue weighted by molar-refractivity contribution is 7.09. The van der Waals surface area contributed by atoms with Crippen LogP contribution in [0.5, 0.6) is 0 Å². The second-order valence-electron chi connectivity index (χ2n) is 10.1. The number of aromatic nitrogens is 2. The molecule has 38 heavy (non-hydrogen) atoms. The summed E-state index contributed by atoms with van der Waals surface area (Å²) in [6.07, 6.45) is 3.27. The minimum absolute atomic E-state index is 0.0830. The van der Waals surface area contributed by atoms with E-state index in [0.29, 0.717) is 25.3 Å². The maximum atomic E-state index is 13.1. The van der Waals surface area contributed by atoms with Gasteiger partial charge >= 0.3 is 12.1 Å². The second-order valence-corrected chi connectivity index (χ2v) is 12.0. The lowest BCUT2D eigenvalue weighted by molar-refractivity contribution is -0.124. The van der Waals surface area contributed by atoms with E-state index in [4.69, 9.17) is 4.74 Å². The minimum Gasteiger partial charge on any atom is -0.444 e. The third-order valence-electron chi connectivity index (χ3n) is 6.02. The summed E-state index contributed by atoms with van der Waals surface area (Å²) in [5, 5.41) is 11.8. The van der Waals surface area contributed by atoms with E-state index in [-0.39, 0.29) is 36.5 Å². The van der Waals surface area contributed by atoms with Crippen LogP contribution >= 0.6 is 22.7 Å². The molecule has 0 saturated carbocycles. The molecule has 0 fully saturated rings. The van der Waals surface area contributed by atoms with Gasteiger partial charge in [-0.05, 0) is 32.1 Å². The van der Waals surface area contributed by atoms with Crippen molar-refractivity contribution in [2.75, 3.05) is 7.05 Å². The molecule has 0 aliphatic heterocycles. The zero-order valence-electron chi connectivity index (χ0n) is 23.4. The summed E-state index contributed by atoms with van der Waals surface area (Å²) in [5.41, 5.74) is 2.53. The zero-order valence-corrected chi connectivity index (χ0v) is 25.1. The van der Waals surface area contributed by atoms with Crippen LogP contribution in [0.2, 0.25) is 0 Å². The Bertz CT molecular complexity index is 1010. The highest BCUT2D eigenvalue weighted by atomic mass is 32.1. The van der Waals surface area contributed by atoms with Crippen molar-refractivity contribution in [2.24, 2.45) is 5.92 Å². The minimum atomic E-state index is -0.669. The summed E-state index contributed by atoms with van der Waals surface area (Å²) in [5.74, 6) is 0.0367. The van der Waals surface area contributed by atoms with E-state index in [0.717, 1.165) is 22.0 Å². The van der Waals surface area contributed by atoms with Crippen molar-refractivity contribution in [1.82, 2.24) is 30.8 Å². The molecule has 0 unspecified atom stereocenters. The average Bonchev–Trinajstić information content (AvgIpc) is 3.55. The fourth-order valence-electron chi connectivity index (χ4n) is 3.64. The lowest BCUT2D eigenvalue weighted by Gasteiger charge is -2.27. The quantitative estimate of drug-likeness (QED) is 0.299. The predicted molar refractivity (Wildman–Crippen MR) is 151 cm³/mol. The van der Waals surface area contributed by atoms with Crippen LogP contribution in [0.25, 0.3) is 0 Å². The van der Waals surface area contributed by atoms with E-state index in [1.165, 1.54) is 11.3 Å². The van der Waals surface area contributed by atoms with Crippen LogP contribution in [-0.2, 0) is 22.7 Å². The van der Waals surface area contributed by atoms with E-state index in [1.807, 2.05) is 33.1 Å². The van der Waals surface area contributed by atoms with Gasteiger partial charge in [0.2, 0.25) is 5.91 Å². The van der Waals surface area contributed by atoms with Crippen molar-refractivity contribution >= 4 is 40.7 Å². The number of carbonyl (C=O) groups excluding carboxylic acids is 3. The van der Waals surface area contributed by atoms with Crippen molar-refractivity contribution in [3.8, 4) is 0 Å². The number of ether oxygens (including phenoxy) is 1. The average molecular weight is 567 g/mol. The van der Waals surface area contributed by atoms with Gasteiger partial charge in [-0.1, -0.05) is 34.6 Å². The third kappa shape index (κ3) is 10.6. The molecule has 0 spiro atoms. The SMILES string of the molecule is CC[C@@H](CC[C@H](C)NC(=O)OCc1cncs1)NC(=O)[C@@H](NC(=O)N(C)Cc1csc(C(C)C)n1)C(C)C. The van der Waals surface area contributed by atoms with Gasteiger partial charge in [-0.15, -0.1) is 22.7 Å². The Morgan fingerprint density at radius 2 is 1.79 bits per heavy atom. The van der Waals surface area contributed by atoms with Gasteiger partial charge in [0.1, 0.15) is 12.6 Å². The first-order valence-corrected chi connectivity index (χ1v) is 14.8. The Morgan fingerprint density at radius 1 is 1.05 bits per heavy atom. The molecule has 3 N–H and O–H groups in total. The van der Waals surface area contributed by atoms with Crippen molar-refractivity contribution in [3.05, 3.63) is 32.7 Å². The van der Waals surface area contributed by atoms with Crippen LogP contribution in [0.1, 0.15) is 82.3 Å². The first-order valence-electron chi connectivity index (χ1n) is 13.1. The Labute approximate surface area is 234 Å². The molecular formula is C26H42N6O4S2. The van der Waals surface area contributed by atoms with Gasteiger partial charge in [-0.25, -0.2) is 14.6 Å². The highest BCUT2D eigenvalue weighted by Crippen LogP contribution is 2.20. The third-order valence-corrected chi connectivity index (χ3v) is 7.97. The molecule has 0 aromatic carbocycles. The summed E-state index contributed by atoms with van der Waals surface area (Å²) in [7, 11) is 1.70. The van der Waals surface area contributed by atoms with Crippen LogP contribution in [0.4, 0.5) is 9.59 Å². The van der Waals surface area contributed by atoms with Gasteiger partial charge < -0.3 is 25.6 Å². The molecule has 0 saturated heterocycles. The number of hydrogen-bond acceptors (Lipinski definition) is 8. The molecule has 2 aromatic heterocycles. The standard InChI is InChI=1S/C26H42N6O4S2/c1-8-19(10-9-18(6)28-26(35)36-13-21-11-27-15-38-21)29-23(33)22(16(2)3)31-25(34)32(7)12-20-14-37-24(30-20)17(4)5/h11,14-19,22H,8-10,12-13H2,1-7H3,(H,28,35)(H,29,33)(H,31,34)/t18-,19-,22-/m0/s1. The van der Waals surface area contributed by atoms with Gasteiger partial charge in [-0.2, -0.15) is 0 Å². The smallest absolute Gasteiger partial charge is 0.407 e. The van der Waals surface area contributed by atoms with E-state index >= 15 is 0 Å². The van der Waals surface area contributed by atoms with Crippen LogP contribution in [0, 0.1) is 5.92 Å². The number of rotatable bonds is 14. The molecule has 2 heterocycles. The molecule has 4 amide bonds. The highest BCUT2D eigenvalue weighted by Gasteiger charge is 2.27. The topological polar surface area (TPSA) is 126 Å². The molecule has 0 aliphatic carbocycles. The van der Waals surface area contributed by atoms with E-state index < -0.39 is 12.1 Å². The molecule has 3 atom stereocenters. The largest absolute Gasteiger partial charge is 0.444 e. The lowest BCUT2D eigenvalue weighted by Crippen LogP contribution is -2.54.